The Morgan fingerprint density at radius 3 is 2.93 bits per heavy atom. The first-order valence-electron chi connectivity index (χ1n) is 4.36. The molecule has 0 atom stereocenters. The average molecular weight is 207 g/mol. The quantitative estimate of drug-likeness (QED) is 0.589. The summed E-state index contributed by atoms with van der Waals surface area (Å²) >= 11 is 0. The molecule has 2 aromatic heterocycles. The lowest BCUT2D eigenvalue weighted by molar-refractivity contribution is -0.383. The zero-order valence-corrected chi connectivity index (χ0v) is 8.04. The Kier molecular flexibility index (Phi) is 2.12. The maximum absolute atomic E-state index is 10.7. The molecule has 6 heteroatoms. The van der Waals surface area contributed by atoms with Gasteiger partial charge in [0.2, 0.25) is 5.65 Å². The molecule has 2 rings (SSSR count). The Labute approximate surface area is 84.9 Å². The van der Waals surface area contributed by atoms with Gasteiger partial charge in [-0.1, -0.05) is 0 Å². The molecular formula is C9H9N3O3. The second-order valence-electron chi connectivity index (χ2n) is 3.18. The van der Waals surface area contributed by atoms with E-state index in [1.54, 1.807) is 17.4 Å². The van der Waals surface area contributed by atoms with Crippen molar-refractivity contribution in [2.45, 2.75) is 13.5 Å². The highest BCUT2D eigenvalue weighted by molar-refractivity contribution is 5.60. The fourth-order valence-corrected chi connectivity index (χ4v) is 1.56. The van der Waals surface area contributed by atoms with Crippen LogP contribution in [-0.2, 0) is 6.61 Å². The molecule has 1 N–H and O–H groups in total. The first-order chi connectivity index (χ1) is 7.15. The summed E-state index contributed by atoms with van der Waals surface area (Å²) in [7, 11) is 0. The number of hydrogen-bond acceptors (Lipinski definition) is 4. The summed E-state index contributed by atoms with van der Waals surface area (Å²) in [4.78, 5) is 14.2. The molecule has 0 unspecified atom stereocenters. The zero-order valence-electron chi connectivity index (χ0n) is 8.04. The lowest BCUT2D eigenvalue weighted by Gasteiger charge is -2.02. The summed E-state index contributed by atoms with van der Waals surface area (Å²) in [6.07, 6.45) is 1.44. The highest BCUT2D eigenvalue weighted by Crippen LogP contribution is 2.21. The number of rotatable bonds is 2. The number of fused-ring (bicyclic) bond motifs is 1. The van der Waals surface area contributed by atoms with Gasteiger partial charge >= 0.3 is 5.69 Å². The van der Waals surface area contributed by atoms with Crippen molar-refractivity contribution in [2.24, 2.45) is 0 Å². The normalized spacial score (nSPS) is 10.8. The molecule has 0 spiro atoms. The van der Waals surface area contributed by atoms with Gasteiger partial charge < -0.3 is 5.11 Å². The number of nitrogens with zero attached hydrogens (tertiary/aromatic N) is 3. The summed E-state index contributed by atoms with van der Waals surface area (Å²) in [5.41, 5.74) is 1.56. The Hall–Kier alpha value is -1.95. The van der Waals surface area contributed by atoms with Crippen molar-refractivity contribution in [2.75, 3.05) is 0 Å². The molecule has 0 radical (unpaired) electrons. The van der Waals surface area contributed by atoms with Gasteiger partial charge in [-0.15, -0.1) is 0 Å². The number of imidazole rings is 1. The van der Waals surface area contributed by atoms with E-state index in [0.29, 0.717) is 5.69 Å². The molecule has 0 saturated heterocycles. The van der Waals surface area contributed by atoms with Crippen LogP contribution in [0.2, 0.25) is 0 Å². The monoisotopic (exact) mass is 207 g/mol. The van der Waals surface area contributed by atoms with E-state index in [-0.39, 0.29) is 17.9 Å². The van der Waals surface area contributed by atoms with Gasteiger partial charge in [-0.05, 0) is 13.0 Å². The van der Waals surface area contributed by atoms with Gasteiger partial charge in [-0.2, -0.15) is 0 Å². The minimum Gasteiger partial charge on any atom is -0.390 e. The molecule has 0 aliphatic heterocycles. The molecule has 2 heterocycles. The molecule has 0 aliphatic rings. The topological polar surface area (TPSA) is 80.7 Å². The molecule has 6 nitrogen and oxygen atoms in total. The van der Waals surface area contributed by atoms with Crippen molar-refractivity contribution in [3.8, 4) is 0 Å². The van der Waals surface area contributed by atoms with Crippen molar-refractivity contribution in [3.05, 3.63) is 39.8 Å². The lowest BCUT2D eigenvalue weighted by atomic mass is 10.3. The van der Waals surface area contributed by atoms with E-state index in [2.05, 4.69) is 4.98 Å². The van der Waals surface area contributed by atoms with Crippen molar-refractivity contribution >= 4 is 11.3 Å². The number of nitro groups is 1. The van der Waals surface area contributed by atoms with E-state index < -0.39 is 4.92 Å². The second-order valence-corrected chi connectivity index (χ2v) is 3.18. The van der Waals surface area contributed by atoms with Crippen LogP contribution in [0, 0.1) is 17.0 Å². The third-order valence-electron chi connectivity index (χ3n) is 2.26. The molecule has 0 aromatic carbocycles. The van der Waals surface area contributed by atoms with Crippen molar-refractivity contribution < 1.29 is 10.0 Å². The highest BCUT2D eigenvalue weighted by Gasteiger charge is 2.16. The van der Waals surface area contributed by atoms with Gasteiger partial charge in [-0.25, -0.2) is 4.98 Å². The van der Waals surface area contributed by atoms with Gasteiger partial charge in [0.15, 0.2) is 0 Å². The Balaban J connectivity index is 2.84. The number of aryl methyl sites for hydroxylation is 1. The van der Waals surface area contributed by atoms with Gasteiger partial charge in [0.25, 0.3) is 0 Å². The molecule has 0 aliphatic carbocycles. The van der Waals surface area contributed by atoms with E-state index in [4.69, 9.17) is 5.11 Å². The van der Waals surface area contributed by atoms with Gasteiger partial charge in [0.1, 0.15) is 0 Å². The summed E-state index contributed by atoms with van der Waals surface area (Å²) < 4.78 is 1.58. The van der Waals surface area contributed by atoms with Crippen molar-refractivity contribution in [1.29, 1.82) is 0 Å². The number of hydrogen-bond donors (Lipinski definition) is 1. The van der Waals surface area contributed by atoms with Crippen LogP contribution in [0.1, 0.15) is 11.4 Å². The molecule has 15 heavy (non-hydrogen) atoms. The number of aromatic nitrogens is 2. The predicted molar refractivity (Wildman–Crippen MR) is 52.5 cm³/mol. The van der Waals surface area contributed by atoms with E-state index in [1.165, 1.54) is 12.3 Å². The minimum absolute atomic E-state index is 0.0553. The average Bonchev–Trinajstić information content (AvgIpc) is 2.62. The number of aliphatic hydroxyl groups excluding tert-OH is 1. The van der Waals surface area contributed by atoms with E-state index in [1.807, 2.05) is 0 Å². The van der Waals surface area contributed by atoms with Crippen LogP contribution < -0.4 is 0 Å². The maximum Gasteiger partial charge on any atom is 0.312 e. The van der Waals surface area contributed by atoms with Crippen molar-refractivity contribution in [3.63, 3.8) is 0 Å². The van der Waals surface area contributed by atoms with Crippen molar-refractivity contribution in [1.82, 2.24) is 9.38 Å². The van der Waals surface area contributed by atoms with Gasteiger partial charge in [0, 0.05) is 11.8 Å². The maximum atomic E-state index is 10.7. The van der Waals surface area contributed by atoms with Crippen LogP contribution in [-0.4, -0.2) is 19.4 Å². The fraction of sp³-hybridized carbons (Fsp3) is 0.222. The lowest BCUT2D eigenvalue weighted by Crippen LogP contribution is -2.00. The third-order valence-corrected chi connectivity index (χ3v) is 2.26. The minimum atomic E-state index is -0.483. The SMILES string of the molecule is Cc1ccc([N+](=O)[O-])c2ncc(CO)n12. The summed E-state index contributed by atoms with van der Waals surface area (Å²) in [5.74, 6) is 0. The van der Waals surface area contributed by atoms with E-state index in [0.717, 1.165) is 5.69 Å². The van der Waals surface area contributed by atoms with Gasteiger partial charge in [0.05, 0.1) is 23.4 Å². The molecule has 0 fully saturated rings. The molecule has 0 amide bonds. The van der Waals surface area contributed by atoms with Crippen LogP contribution in [0.15, 0.2) is 18.3 Å². The van der Waals surface area contributed by atoms with Crippen LogP contribution in [0.25, 0.3) is 5.65 Å². The molecule has 78 valence electrons. The largest absolute Gasteiger partial charge is 0.390 e. The Morgan fingerprint density at radius 2 is 2.33 bits per heavy atom. The molecular weight excluding hydrogens is 198 g/mol. The fourth-order valence-electron chi connectivity index (χ4n) is 1.56. The highest BCUT2D eigenvalue weighted by atomic mass is 16.6. The standard InChI is InChI=1S/C9H9N3O3/c1-6-2-3-8(12(14)15)9-10-4-7(5-13)11(6)9/h2-4,13H,5H2,1H3. The van der Waals surface area contributed by atoms with Crippen LogP contribution >= 0.6 is 0 Å². The second kappa shape index (κ2) is 3.32. The first-order valence-corrected chi connectivity index (χ1v) is 4.36. The van der Waals surface area contributed by atoms with Crippen LogP contribution in [0.5, 0.6) is 0 Å². The number of aliphatic hydroxyl groups is 1. The Bertz CT molecular complexity index is 533. The number of pyridine rings is 1. The first kappa shape index (κ1) is 9.60. The van der Waals surface area contributed by atoms with E-state index in [9.17, 15) is 10.1 Å². The predicted octanol–water partition coefficient (Wildman–Crippen LogP) is 1.04. The smallest absolute Gasteiger partial charge is 0.312 e. The zero-order chi connectivity index (χ0) is 11.0. The van der Waals surface area contributed by atoms with Crippen LogP contribution in [0.3, 0.4) is 0 Å². The van der Waals surface area contributed by atoms with E-state index >= 15 is 0 Å². The van der Waals surface area contributed by atoms with Gasteiger partial charge in [-0.3, -0.25) is 14.5 Å². The summed E-state index contributed by atoms with van der Waals surface area (Å²) in [5, 5.41) is 19.8. The summed E-state index contributed by atoms with van der Waals surface area (Å²) in [6.45, 7) is 1.61. The third kappa shape index (κ3) is 1.35. The molecule has 2 aromatic rings. The Morgan fingerprint density at radius 1 is 1.60 bits per heavy atom. The van der Waals surface area contributed by atoms with Crippen LogP contribution in [0.4, 0.5) is 5.69 Å². The molecule has 0 bridgehead atoms. The summed E-state index contributed by atoms with van der Waals surface area (Å²) in [6, 6.07) is 3.05. The molecule has 0 saturated carbocycles.